The van der Waals surface area contributed by atoms with E-state index in [1.165, 1.54) is 85.5 Å². The maximum absolute atomic E-state index is 5.46. The van der Waals surface area contributed by atoms with Crippen molar-refractivity contribution in [1.29, 1.82) is 0 Å². The zero-order valence-electron chi connectivity index (χ0n) is 79.6. The number of benzene rings is 22. The molecule has 0 aliphatic rings. The molecule has 0 atom stereocenters. The van der Waals surface area contributed by atoms with Crippen LogP contribution >= 0.6 is 11.3 Å². The van der Waals surface area contributed by atoms with Crippen LogP contribution in [-0.2, 0) is 0 Å². The third-order valence-corrected chi connectivity index (χ3v) is 30.3. The molecule has 0 N–H and O–H groups in total. The number of para-hydroxylation sites is 3. The quantitative estimate of drug-likeness (QED) is 0.0796. The third-order valence-electron chi connectivity index (χ3n) is 29.1. The summed E-state index contributed by atoms with van der Waals surface area (Å²) in [5.41, 5.74) is 35.5. The predicted molar refractivity (Wildman–Crippen MR) is 614 cm³/mol. The monoisotopic (exact) mass is 1890 g/mol. The van der Waals surface area contributed by atoms with Crippen molar-refractivity contribution in [2.45, 2.75) is 0 Å². The Morgan fingerprint density at radius 2 is 0.435 bits per heavy atom. The lowest BCUT2D eigenvalue weighted by Gasteiger charge is -2.16. The van der Waals surface area contributed by atoms with E-state index in [1.54, 1.807) is 0 Å². The highest BCUT2D eigenvalue weighted by molar-refractivity contribution is 7.26. The van der Waals surface area contributed by atoms with Crippen molar-refractivity contribution in [3.63, 3.8) is 0 Å². The molecule has 0 aliphatic carbocycles. The van der Waals surface area contributed by atoms with Gasteiger partial charge in [0.15, 0.2) is 23.3 Å². The Morgan fingerprint density at radius 1 is 0.136 bits per heavy atom. The fourth-order valence-corrected chi connectivity index (χ4v) is 23.2. The molecule has 22 aromatic carbocycles. The number of nitrogens with zero attached hydrogens (tertiary/aromatic N) is 8. The van der Waals surface area contributed by atoms with Gasteiger partial charge in [0.05, 0.1) is 44.8 Å². The van der Waals surface area contributed by atoms with Crippen molar-refractivity contribution < 1.29 is 0 Å². The van der Waals surface area contributed by atoms with Crippen molar-refractivity contribution in [2.75, 3.05) is 0 Å². The lowest BCUT2D eigenvalue weighted by atomic mass is 9.90. The molecular formula is C138H86N8S. The molecule has 28 aromatic rings. The van der Waals surface area contributed by atoms with Crippen LogP contribution in [0.2, 0.25) is 0 Å². The van der Waals surface area contributed by atoms with Crippen molar-refractivity contribution in [3.05, 3.63) is 522 Å². The first-order chi connectivity index (χ1) is 72.8. The first-order valence-corrected chi connectivity index (χ1v) is 50.7. The van der Waals surface area contributed by atoms with Crippen molar-refractivity contribution >= 4 is 107 Å². The lowest BCUT2D eigenvalue weighted by Crippen LogP contribution is -2.02. The SMILES string of the molecule is c1ccc(-c2cc(-c3cccc(-c4ccc(-c5cccc(-c6cccc7c6sc6ccccc67)c5)cc4)c3)cc(-c3cccc(-c4cccc(-c5nc(-c6ccccc6)nc(-c6cccc(-c7cccc(-c8ccc9c%10ccccc%10c%10cc(-c%11ccc%12c(c%11)c%11ccccc%11n%12-c%11cc(-c%12nc(-c%13ccccc%13)cc(-c%13ccccc%13)n%12)cc(-n%12c%13ccccc%13c%13ccccc%13%12)c%11)ccc%10c9c8)c7)c6)n5)c4)c3)n2)cc1. The molecule has 9 heteroatoms. The van der Waals surface area contributed by atoms with E-state index in [9.17, 15) is 0 Å². The Balaban J connectivity index is 0.482. The summed E-state index contributed by atoms with van der Waals surface area (Å²) in [6, 6.07) is 188. The molecule has 0 fully saturated rings. The Bertz CT molecular complexity index is 10000. The molecule has 8 nitrogen and oxygen atoms in total. The van der Waals surface area contributed by atoms with Gasteiger partial charge < -0.3 is 9.13 Å². The minimum atomic E-state index is 0.572. The molecule has 6 aromatic heterocycles. The highest BCUT2D eigenvalue weighted by Gasteiger charge is 2.25. The zero-order valence-corrected chi connectivity index (χ0v) is 80.5. The summed E-state index contributed by atoms with van der Waals surface area (Å²) in [4.78, 5) is 32.3. The van der Waals surface area contributed by atoms with Gasteiger partial charge in [-0.2, -0.15) is 0 Å². The summed E-state index contributed by atoms with van der Waals surface area (Å²) in [7, 11) is 0. The van der Waals surface area contributed by atoms with E-state index >= 15 is 0 Å². The van der Waals surface area contributed by atoms with Crippen molar-refractivity contribution in [3.8, 4) is 191 Å². The molecule has 0 spiro atoms. The second-order valence-electron chi connectivity index (χ2n) is 38.0. The summed E-state index contributed by atoms with van der Waals surface area (Å²) >= 11 is 1.87. The Kier molecular flexibility index (Phi) is 21.0. The first kappa shape index (κ1) is 85.6. The molecule has 0 amide bonds. The Labute approximate surface area is 852 Å². The first-order valence-electron chi connectivity index (χ1n) is 49.9. The number of aromatic nitrogens is 8. The molecule has 6 heterocycles. The summed E-state index contributed by atoms with van der Waals surface area (Å²) in [5.74, 6) is 2.37. The topological polar surface area (TPSA) is 87.2 Å². The van der Waals surface area contributed by atoms with Gasteiger partial charge in [-0.15, -0.1) is 11.3 Å². The van der Waals surface area contributed by atoms with Crippen LogP contribution in [0.1, 0.15) is 0 Å². The molecule has 0 aliphatic heterocycles. The van der Waals surface area contributed by atoms with Gasteiger partial charge in [0.25, 0.3) is 0 Å². The van der Waals surface area contributed by atoms with Gasteiger partial charge in [0.2, 0.25) is 0 Å². The van der Waals surface area contributed by atoms with Gasteiger partial charge in [0, 0.05) is 97.6 Å². The average Bonchev–Trinajstić information content (AvgIpc) is 1.62. The predicted octanol–water partition coefficient (Wildman–Crippen LogP) is 36.8. The standard InChI is InChI=1S/C138H86N8S/c1-5-30-89(31-6-1)125-83-108(100-45-23-38-93(72-100)87-62-64-88(65-63-87)94-39-25-46-104(74-94)112-56-29-57-121-120-55-18-22-61-133(120)147-134(112)121)84-126(139-125)105-47-26-42-97(75-105)99-44-28-49-107(77-99)137-143-135(92-36-11-4-12-37-92)142-136(144-137)106-48-27-43-98(76-106)95-40-24-41-96(73-95)101-66-69-115-113-50-13-14-51-114(113)122-81-102(67-70-116(122)123(115)80-101)103-68-71-132-124(82-103)119-54-17-21-60-131(119)146(132)111-79-109(78-110(85-111)145-129-58-19-15-52-117(129)118-53-16-20-59-130(118)145)138-140-127(90-32-7-2-8-33-90)86-128(141-138)91-34-9-3-10-35-91/h1-86H. The van der Waals surface area contributed by atoms with Gasteiger partial charge in [-0.3, -0.25) is 0 Å². The molecule has 0 saturated heterocycles. The zero-order chi connectivity index (χ0) is 96.9. The van der Waals surface area contributed by atoms with Crippen LogP contribution in [0.3, 0.4) is 0 Å². The number of hydrogen-bond donors (Lipinski definition) is 0. The van der Waals surface area contributed by atoms with Gasteiger partial charge in [-0.1, -0.05) is 400 Å². The smallest absolute Gasteiger partial charge is 0.164 e. The summed E-state index contributed by atoms with van der Waals surface area (Å²) in [6.07, 6.45) is 0. The van der Waals surface area contributed by atoms with E-state index in [-0.39, 0.29) is 0 Å². The summed E-state index contributed by atoms with van der Waals surface area (Å²) in [6.45, 7) is 0. The van der Waals surface area contributed by atoms with E-state index in [4.69, 9.17) is 29.9 Å². The summed E-state index contributed by atoms with van der Waals surface area (Å²) in [5, 5.41) is 14.5. The van der Waals surface area contributed by atoms with Gasteiger partial charge >= 0.3 is 0 Å². The average molecular weight is 1890 g/mol. The van der Waals surface area contributed by atoms with E-state index in [2.05, 4.69) is 513 Å². The van der Waals surface area contributed by atoms with Crippen LogP contribution in [0.4, 0.5) is 0 Å². The van der Waals surface area contributed by atoms with Gasteiger partial charge in [0.1, 0.15) is 0 Å². The minimum Gasteiger partial charge on any atom is -0.309 e. The molecular weight excluding hydrogens is 1800 g/mol. The van der Waals surface area contributed by atoms with Crippen LogP contribution in [0.5, 0.6) is 0 Å². The number of pyridine rings is 1. The number of fused-ring (bicyclic) bond motifs is 15. The van der Waals surface area contributed by atoms with Crippen LogP contribution in [0, 0.1) is 0 Å². The molecule has 0 bridgehead atoms. The Morgan fingerprint density at radius 3 is 0.939 bits per heavy atom. The second-order valence-corrected chi connectivity index (χ2v) is 39.0. The van der Waals surface area contributed by atoms with Crippen LogP contribution in [0.25, 0.3) is 287 Å². The second kappa shape index (κ2) is 36.0. The largest absolute Gasteiger partial charge is 0.309 e. The molecule has 0 unspecified atom stereocenters. The molecule has 684 valence electrons. The van der Waals surface area contributed by atoms with Crippen LogP contribution < -0.4 is 0 Å². The molecule has 0 radical (unpaired) electrons. The van der Waals surface area contributed by atoms with Crippen LogP contribution in [-0.4, -0.2) is 39.0 Å². The van der Waals surface area contributed by atoms with E-state index in [0.29, 0.717) is 23.3 Å². The fourth-order valence-electron chi connectivity index (χ4n) is 22.0. The highest BCUT2D eigenvalue weighted by Crippen LogP contribution is 2.48. The summed E-state index contributed by atoms with van der Waals surface area (Å²) < 4.78 is 7.47. The minimum absolute atomic E-state index is 0.572. The maximum Gasteiger partial charge on any atom is 0.164 e. The normalized spacial score (nSPS) is 11.7. The maximum atomic E-state index is 5.46. The highest BCUT2D eigenvalue weighted by atomic mass is 32.1. The van der Waals surface area contributed by atoms with Gasteiger partial charge in [-0.25, -0.2) is 29.9 Å². The van der Waals surface area contributed by atoms with E-state index in [0.717, 1.165) is 178 Å². The van der Waals surface area contributed by atoms with E-state index < -0.39 is 0 Å². The Hall–Kier alpha value is -19.3. The molecule has 147 heavy (non-hydrogen) atoms. The van der Waals surface area contributed by atoms with Crippen molar-refractivity contribution in [1.82, 2.24) is 39.0 Å². The van der Waals surface area contributed by atoms with E-state index in [1.807, 2.05) is 29.5 Å². The molecule has 0 saturated carbocycles. The van der Waals surface area contributed by atoms with Crippen molar-refractivity contribution in [2.24, 2.45) is 0 Å². The van der Waals surface area contributed by atoms with Gasteiger partial charge in [-0.05, 0) is 243 Å². The third kappa shape index (κ3) is 15.7. The van der Waals surface area contributed by atoms with Crippen LogP contribution in [0.15, 0.2) is 522 Å². The number of rotatable bonds is 18. The lowest BCUT2D eigenvalue weighted by molar-refractivity contribution is 1.07. The number of thiophene rings is 1. The fraction of sp³-hybridized carbons (Fsp3) is 0. The molecule has 28 rings (SSSR count). The number of hydrogen-bond acceptors (Lipinski definition) is 7.